The minimum absolute atomic E-state index is 0.147. The molecule has 1 aromatic heterocycles. The first-order valence-electron chi connectivity index (χ1n) is 5.43. The number of rotatable bonds is 3. The molecule has 0 unspecified atom stereocenters. The molecule has 2 aromatic rings. The second-order valence-corrected chi connectivity index (χ2v) is 3.57. The average molecular weight is 254 g/mol. The highest BCUT2D eigenvalue weighted by Crippen LogP contribution is 2.14. The van der Waals surface area contributed by atoms with Crippen LogP contribution >= 0.6 is 0 Å². The van der Waals surface area contributed by atoms with Crippen molar-refractivity contribution in [2.24, 2.45) is 0 Å². The Hall–Kier alpha value is -2.94. The van der Waals surface area contributed by atoms with E-state index >= 15 is 0 Å². The van der Waals surface area contributed by atoms with Gasteiger partial charge in [0.15, 0.2) is 5.69 Å². The van der Waals surface area contributed by atoms with Crippen LogP contribution in [-0.4, -0.2) is 23.2 Å². The Bertz CT molecular complexity index is 632. The fraction of sp³-hybridized carbons (Fsp3) is 0.0769. The summed E-state index contributed by atoms with van der Waals surface area (Å²) in [6.45, 7) is 0. The van der Waals surface area contributed by atoms with Crippen molar-refractivity contribution >= 4 is 11.6 Å². The molecule has 2 rings (SSSR count). The van der Waals surface area contributed by atoms with Crippen molar-refractivity contribution in [3.8, 4) is 11.9 Å². The van der Waals surface area contributed by atoms with E-state index < -0.39 is 5.91 Å². The fourth-order valence-corrected chi connectivity index (χ4v) is 1.43. The molecule has 0 aliphatic carbocycles. The van der Waals surface area contributed by atoms with E-state index in [0.29, 0.717) is 17.1 Å². The summed E-state index contributed by atoms with van der Waals surface area (Å²) in [5.74, 6) is -0.105. The highest BCUT2D eigenvalue weighted by molar-refractivity contribution is 6.03. The number of benzene rings is 1. The number of hydrogen-bond donors (Lipinski definition) is 1. The monoisotopic (exact) mass is 254 g/mol. The first-order valence-corrected chi connectivity index (χ1v) is 5.43. The number of carbonyl (C=O) groups excluding carboxylic acids is 1. The highest BCUT2D eigenvalue weighted by Gasteiger charge is 2.10. The van der Waals surface area contributed by atoms with Gasteiger partial charge in [-0.25, -0.2) is 0 Å². The number of aromatic nitrogens is 2. The normalized spacial score (nSPS) is 9.47. The summed E-state index contributed by atoms with van der Waals surface area (Å²) in [6, 6.07) is 11.8. The molecule has 0 aliphatic heterocycles. The van der Waals surface area contributed by atoms with Gasteiger partial charge in [0.1, 0.15) is 6.07 Å². The lowest BCUT2D eigenvalue weighted by atomic mass is 10.2. The summed E-state index contributed by atoms with van der Waals surface area (Å²) in [5, 5.41) is 19.0. The van der Waals surface area contributed by atoms with Crippen LogP contribution in [0.3, 0.4) is 0 Å². The zero-order chi connectivity index (χ0) is 13.7. The summed E-state index contributed by atoms with van der Waals surface area (Å²) in [5.41, 5.74) is 0.971. The maximum atomic E-state index is 11.9. The van der Waals surface area contributed by atoms with Crippen molar-refractivity contribution in [2.75, 3.05) is 12.4 Å². The van der Waals surface area contributed by atoms with E-state index in [1.54, 1.807) is 24.3 Å². The summed E-state index contributed by atoms with van der Waals surface area (Å²) >= 11 is 0. The maximum Gasteiger partial charge on any atom is 0.276 e. The molecule has 0 saturated carbocycles. The van der Waals surface area contributed by atoms with Gasteiger partial charge in [0.05, 0.1) is 18.4 Å². The molecule has 0 bridgehead atoms. The minimum Gasteiger partial charge on any atom is -0.480 e. The molecule has 19 heavy (non-hydrogen) atoms. The lowest BCUT2D eigenvalue weighted by molar-refractivity contribution is 0.102. The third-order valence-electron chi connectivity index (χ3n) is 2.38. The first-order chi connectivity index (χ1) is 9.24. The molecular weight excluding hydrogens is 244 g/mol. The summed E-state index contributed by atoms with van der Waals surface area (Å²) in [4.78, 5) is 11.9. The third kappa shape index (κ3) is 2.84. The lowest BCUT2D eigenvalue weighted by Gasteiger charge is -2.05. The molecule has 0 saturated heterocycles. The number of methoxy groups -OCH3 is 1. The number of para-hydroxylation sites is 1. The molecule has 0 radical (unpaired) electrons. The number of nitrogens with one attached hydrogen (secondary N) is 1. The lowest BCUT2D eigenvalue weighted by Crippen LogP contribution is -2.15. The Labute approximate surface area is 109 Å². The van der Waals surface area contributed by atoms with Gasteiger partial charge in [0.25, 0.3) is 5.91 Å². The molecule has 6 heteroatoms. The quantitative estimate of drug-likeness (QED) is 0.898. The van der Waals surface area contributed by atoms with Gasteiger partial charge < -0.3 is 10.1 Å². The average Bonchev–Trinajstić information content (AvgIpc) is 2.48. The van der Waals surface area contributed by atoms with Crippen LogP contribution in [-0.2, 0) is 0 Å². The molecule has 1 amide bonds. The van der Waals surface area contributed by atoms with Crippen LogP contribution in [0.4, 0.5) is 5.69 Å². The first kappa shape index (κ1) is 12.5. The number of nitriles is 1. The highest BCUT2D eigenvalue weighted by atomic mass is 16.5. The van der Waals surface area contributed by atoms with Crippen LogP contribution in [0.5, 0.6) is 5.88 Å². The van der Waals surface area contributed by atoms with Crippen LogP contribution in [0, 0.1) is 11.3 Å². The molecule has 0 aliphatic rings. The number of amides is 1. The number of anilines is 1. The van der Waals surface area contributed by atoms with Crippen molar-refractivity contribution in [1.82, 2.24) is 10.2 Å². The van der Waals surface area contributed by atoms with E-state index in [4.69, 9.17) is 10.00 Å². The predicted molar refractivity (Wildman–Crippen MR) is 67.7 cm³/mol. The summed E-state index contributed by atoms with van der Waals surface area (Å²) in [6.07, 6.45) is 0. The summed E-state index contributed by atoms with van der Waals surface area (Å²) < 4.78 is 4.86. The minimum atomic E-state index is -0.433. The summed E-state index contributed by atoms with van der Waals surface area (Å²) in [7, 11) is 1.47. The Morgan fingerprint density at radius 1 is 1.26 bits per heavy atom. The molecule has 0 spiro atoms. The molecule has 1 aromatic carbocycles. The largest absolute Gasteiger partial charge is 0.480 e. The van der Waals surface area contributed by atoms with Crippen molar-refractivity contribution in [3.05, 3.63) is 47.7 Å². The standard InChI is InChI=1S/C13H10N4O2/c1-19-12-7-6-11(16-17-12)13(18)15-10-5-3-2-4-9(10)8-14/h2-7H,1H3,(H,15,18). The molecule has 0 atom stereocenters. The van der Waals surface area contributed by atoms with Crippen molar-refractivity contribution in [3.63, 3.8) is 0 Å². The smallest absolute Gasteiger partial charge is 0.276 e. The number of hydrogen-bond acceptors (Lipinski definition) is 5. The van der Waals surface area contributed by atoms with Crippen LogP contribution in [0.1, 0.15) is 16.1 Å². The van der Waals surface area contributed by atoms with Gasteiger partial charge in [-0.2, -0.15) is 5.26 Å². The van der Waals surface area contributed by atoms with Crippen molar-refractivity contribution in [1.29, 1.82) is 5.26 Å². The van der Waals surface area contributed by atoms with Gasteiger partial charge in [0, 0.05) is 6.07 Å². The van der Waals surface area contributed by atoms with E-state index in [0.717, 1.165) is 0 Å². The van der Waals surface area contributed by atoms with Gasteiger partial charge in [-0.15, -0.1) is 10.2 Å². The molecule has 1 heterocycles. The number of nitrogens with zero attached hydrogens (tertiary/aromatic N) is 3. The molecule has 0 fully saturated rings. The van der Waals surface area contributed by atoms with E-state index in [2.05, 4.69) is 15.5 Å². The molecule has 94 valence electrons. The Balaban J connectivity index is 2.18. The van der Waals surface area contributed by atoms with Gasteiger partial charge in [-0.3, -0.25) is 4.79 Å². The van der Waals surface area contributed by atoms with Gasteiger partial charge in [0.2, 0.25) is 5.88 Å². The van der Waals surface area contributed by atoms with Crippen LogP contribution < -0.4 is 10.1 Å². The van der Waals surface area contributed by atoms with E-state index in [-0.39, 0.29) is 5.69 Å². The van der Waals surface area contributed by atoms with E-state index in [9.17, 15) is 4.79 Å². The van der Waals surface area contributed by atoms with Gasteiger partial charge in [-0.1, -0.05) is 12.1 Å². The topological polar surface area (TPSA) is 87.9 Å². The number of carbonyl (C=O) groups is 1. The van der Waals surface area contributed by atoms with Crippen LogP contribution in [0.15, 0.2) is 36.4 Å². The van der Waals surface area contributed by atoms with Crippen LogP contribution in [0.25, 0.3) is 0 Å². The third-order valence-corrected chi connectivity index (χ3v) is 2.38. The Kier molecular flexibility index (Phi) is 3.69. The zero-order valence-corrected chi connectivity index (χ0v) is 10.1. The number of ether oxygens (including phenoxy) is 1. The van der Waals surface area contributed by atoms with Gasteiger partial charge >= 0.3 is 0 Å². The van der Waals surface area contributed by atoms with Crippen LogP contribution in [0.2, 0.25) is 0 Å². The zero-order valence-electron chi connectivity index (χ0n) is 10.1. The maximum absolute atomic E-state index is 11.9. The second kappa shape index (κ2) is 5.60. The molecular formula is C13H10N4O2. The van der Waals surface area contributed by atoms with Crippen molar-refractivity contribution in [2.45, 2.75) is 0 Å². The molecule has 1 N–H and O–H groups in total. The fourth-order valence-electron chi connectivity index (χ4n) is 1.43. The van der Waals surface area contributed by atoms with E-state index in [1.165, 1.54) is 19.2 Å². The van der Waals surface area contributed by atoms with E-state index in [1.807, 2.05) is 6.07 Å². The van der Waals surface area contributed by atoms with Crippen molar-refractivity contribution < 1.29 is 9.53 Å². The SMILES string of the molecule is COc1ccc(C(=O)Nc2ccccc2C#N)nn1. The Morgan fingerprint density at radius 3 is 2.68 bits per heavy atom. The Morgan fingerprint density at radius 2 is 2.05 bits per heavy atom. The predicted octanol–water partition coefficient (Wildman–Crippen LogP) is 1.61. The second-order valence-electron chi connectivity index (χ2n) is 3.57. The van der Waals surface area contributed by atoms with Gasteiger partial charge in [-0.05, 0) is 18.2 Å². The molecule has 6 nitrogen and oxygen atoms in total.